The van der Waals surface area contributed by atoms with Crippen LogP contribution in [0.1, 0.15) is 28.3 Å². The first kappa shape index (κ1) is 17.6. The molecule has 2 N–H and O–H groups in total. The first-order chi connectivity index (χ1) is 13.0. The van der Waals surface area contributed by atoms with E-state index >= 15 is 0 Å². The zero-order chi connectivity index (χ0) is 19.0. The van der Waals surface area contributed by atoms with Gasteiger partial charge in [0.25, 0.3) is 5.91 Å². The van der Waals surface area contributed by atoms with E-state index in [2.05, 4.69) is 4.98 Å². The SMILES string of the molecule is C[C@@H](Oc1cc(-c2cnc3ccccn23)sc1C(N)=O)c1ccccc1Cl. The highest BCUT2D eigenvalue weighted by molar-refractivity contribution is 7.17. The maximum Gasteiger partial charge on any atom is 0.262 e. The Labute approximate surface area is 165 Å². The van der Waals surface area contributed by atoms with E-state index in [-0.39, 0.29) is 6.10 Å². The highest BCUT2D eigenvalue weighted by Gasteiger charge is 2.21. The van der Waals surface area contributed by atoms with Gasteiger partial charge in [-0.25, -0.2) is 4.98 Å². The van der Waals surface area contributed by atoms with E-state index in [0.717, 1.165) is 21.8 Å². The van der Waals surface area contributed by atoms with Crippen molar-refractivity contribution in [1.29, 1.82) is 0 Å². The van der Waals surface area contributed by atoms with Gasteiger partial charge in [0, 0.05) is 22.8 Å². The van der Waals surface area contributed by atoms with Crippen molar-refractivity contribution < 1.29 is 9.53 Å². The summed E-state index contributed by atoms with van der Waals surface area (Å²) in [5.41, 5.74) is 8.13. The fraction of sp³-hybridized carbons (Fsp3) is 0.100. The van der Waals surface area contributed by atoms with Gasteiger partial charge in [0.1, 0.15) is 22.4 Å². The molecule has 0 fully saturated rings. The lowest BCUT2D eigenvalue weighted by atomic mass is 10.1. The van der Waals surface area contributed by atoms with Crippen molar-refractivity contribution in [2.45, 2.75) is 13.0 Å². The summed E-state index contributed by atoms with van der Waals surface area (Å²) < 4.78 is 8.02. The number of aromatic nitrogens is 2. The first-order valence-corrected chi connectivity index (χ1v) is 9.51. The molecule has 1 aromatic carbocycles. The monoisotopic (exact) mass is 397 g/mol. The van der Waals surface area contributed by atoms with Crippen LogP contribution in [0.15, 0.2) is 60.9 Å². The minimum atomic E-state index is -0.526. The number of hydrogen-bond donors (Lipinski definition) is 1. The molecule has 0 aliphatic heterocycles. The molecule has 4 rings (SSSR count). The molecule has 0 spiro atoms. The van der Waals surface area contributed by atoms with Gasteiger partial charge in [-0.2, -0.15) is 0 Å². The molecule has 136 valence electrons. The molecule has 27 heavy (non-hydrogen) atoms. The van der Waals surface area contributed by atoms with E-state index in [1.165, 1.54) is 11.3 Å². The Balaban J connectivity index is 1.73. The predicted octanol–water partition coefficient (Wildman–Crippen LogP) is 4.96. The number of nitrogens with zero attached hydrogens (tertiary/aromatic N) is 2. The van der Waals surface area contributed by atoms with Crippen LogP contribution in [-0.2, 0) is 0 Å². The van der Waals surface area contributed by atoms with E-state index in [9.17, 15) is 4.79 Å². The number of nitrogens with two attached hydrogens (primary N) is 1. The second kappa shape index (κ2) is 7.06. The average molecular weight is 398 g/mol. The van der Waals surface area contributed by atoms with Crippen molar-refractivity contribution in [2.75, 3.05) is 0 Å². The second-order valence-electron chi connectivity index (χ2n) is 6.02. The van der Waals surface area contributed by atoms with Gasteiger partial charge in [0.05, 0.1) is 16.8 Å². The van der Waals surface area contributed by atoms with E-state index < -0.39 is 5.91 Å². The number of thiophene rings is 1. The zero-order valence-electron chi connectivity index (χ0n) is 14.4. The molecule has 1 atom stereocenters. The first-order valence-electron chi connectivity index (χ1n) is 8.32. The molecular formula is C20H16ClN3O2S. The molecule has 0 saturated heterocycles. The molecule has 4 aromatic rings. The number of benzene rings is 1. The third-order valence-electron chi connectivity index (χ3n) is 4.24. The molecule has 3 aromatic heterocycles. The molecule has 3 heterocycles. The van der Waals surface area contributed by atoms with E-state index in [1.807, 2.05) is 66.1 Å². The zero-order valence-corrected chi connectivity index (χ0v) is 16.0. The number of rotatable bonds is 5. The summed E-state index contributed by atoms with van der Waals surface area (Å²) in [6.07, 6.45) is 3.36. The fourth-order valence-electron chi connectivity index (χ4n) is 2.93. The molecule has 7 heteroatoms. The molecule has 0 bridgehead atoms. The van der Waals surface area contributed by atoms with Crippen molar-refractivity contribution in [2.24, 2.45) is 5.73 Å². The Bertz CT molecular complexity index is 1140. The number of hydrogen-bond acceptors (Lipinski definition) is 4. The van der Waals surface area contributed by atoms with Crippen LogP contribution < -0.4 is 10.5 Å². The van der Waals surface area contributed by atoms with Crippen LogP contribution in [0.5, 0.6) is 5.75 Å². The van der Waals surface area contributed by atoms with Gasteiger partial charge in [-0.15, -0.1) is 11.3 Å². The number of fused-ring (bicyclic) bond motifs is 1. The minimum Gasteiger partial charge on any atom is -0.484 e. The normalized spacial score (nSPS) is 12.2. The summed E-state index contributed by atoms with van der Waals surface area (Å²) in [6, 6.07) is 15.1. The van der Waals surface area contributed by atoms with Crippen LogP contribution in [0.2, 0.25) is 5.02 Å². The lowest BCUT2D eigenvalue weighted by molar-refractivity contribution is 0.0998. The van der Waals surface area contributed by atoms with Crippen LogP contribution in [0, 0.1) is 0 Å². The van der Waals surface area contributed by atoms with Gasteiger partial charge in [0.2, 0.25) is 0 Å². The standard InChI is InChI=1S/C20H16ClN3O2S/c1-12(13-6-2-3-7-14(13)21)26-16-10-17(27-19(16)20(22)25)15-11-23-18-8-4-5-9-24(15)18/h2-12H,1H3,(H2,22,25)/t12-/m1/s1. The summed E-state index contributed by atoms with van der Waals surface area (Å²) in [5, 5.41) is 0.614. The molecule has 1 amide bonds. The number of carbonyl (C=O) groups is 1. The summed E-state index contributed by atoms with van der Waals surface area (Å²) in [7, 11) is 0. The second-order valence-corrected chi connectivity index (χ2v) is 7.48. The van der Waals surface area contributed by atoms with Crippen LogP contribution in [0.4, 0.5) is 0 Å². The number of amides is 1. The topological polar surface area (TPSA) is 69.6 Å². The van der Waals surface area contributed by atoms with Crippen molar-refractivity contribution in [3.63, 3.8) is 0 Å². The quantitative estimate of drug-likeness (QED) is 0.517. The molecule has 0 unspecified atom stereocenters. The molecule has 0 aliphatic carbocycles. The highest BCUT2D eigenvalue weighted by atomic mass is 35.5. The predicted molar refractivity (Wildman–Crippen MR) is 108 cm³/mol. The van der Waals surface area contributed by atoms with Gasteiger partial charge in [-0.05, 0) is 25.1 Å². The third-order valence-corrected chi connectivity index (χ3v) is 5.74. The fourth-order valence-corrected chi connectivity index (χ4v) is 4.17. The third kappa shape index (κ3) is 3.29. The van der Waals surface area contributed by atoms with Gasteiger partial charge >= 0.3 is 0 Å². The molecule has 5 nitrogen and oxygen atoms in total. The van der Waals surface area contributed by atoms with E-state index in [4.69, 9.17) is 22.1 Å². The van der Waals surface area contributed by atoms with Crippen LogP contribution in [0.3, 0.4) is 0 Å². The van der Waals surface area contributed by atoms with Crippen LogP contribution >= 0.6 is 22.9 Å². The summed E-state index contributed by atoms with van der Waals surface area (Å²) in [4.78, 5) is 17.6. The Kier molecular flexibility index (Phi) is 4.59. The summed E-state index contributed by atoms with van der Waals surface area (Å²) in [5.74, 6) is -0.0813. The lowest BCUT2D eigenvalue weighted by Gasteiger charge is -2.16. The Morgan fingerprint density at radius 3 is 2.81 bits per heavy atom. The summed E-state index contributed by atoms with van der Waals surface area (Å²) >= 11 is 7.55. The molecular weight excluding hydrogens is 382 g/mol. The maximum absolute atomic E-state index is 12.0. The van der Waals surface area contributed by atoms with Crippen LogP contribution in [-0.4, -0.2) is 15.3 Å². The van der Waals surface area contributed by atoms with Crippen LogP contribution in [0.25, 0.3) is 16.2 Å². The Morgan fingerprint density at radius 2 is 2.04 bits per heavy atom. The minimum absolute atomic E-state index is 0.332. The highest BCUT2D eigenvalue weighted by Crippen LogP contribution is 2.38. The van der Waals surface area contributed by atoms with E-state index in [0.29, 0.717) is 15.6 Å². The van der Waals surface area contributed by atoms with Crippen molar-refractivity contribution in [3.05, 3.63) is 76.4 Å². The van der Waals surface area contributed by atoms with Crippen molar-refractivity contribution >= 4 is 34.5 Å². The van der Waals surface area contributed by atoms with Gasteiger partial charge in [-0.3, -0.25) is 9.20 Å². The molecule has 0 aliphatic rings. The Hall–Kier alpha value is -2.83. The van der Waals surface area contributed by atoms with Crippen molar-refractivity contribution in [3.8, 4) is 16.3 Å². The summed E-state index contributed by atoms with van der Waals surface area (Å²) in [6.45, 7) is 1.89. The Morgan fingerprint density at radius 1 is 1.26 bits per heavy atom. The molecule has 0 radical (unpaired) electrons. The van der Waals surface area contributed by atoms with E-state index in [1.54, 1.807) is 6.20 Å². The molecule has 0 saturated carbocycles. The van der Waals surface area contributed by atoms with Gasteiger partial charge in [0.15, 0.2) is 0 Å². The number of ether oxygens (including phenoxy) is 1. The average Bonchev–Trinajstić information content (AvgIpc) is 3.26. The van der Waals surface area contributed by atoms with Gasteiger partial charge in [-0.1, -0.05) is 35.9 Å². The largest absolute Gasteiger partial charge is 0.484 e. The number of imidazole rings is 1. The lowest BCUT2D eigenvalue weighted by Crippen LogP contribution is -2.12. The number of carbonyl (C=O) groups excluding carboxylic acids is 1. The number of pyridine rings is 1. The smallest absolute Gasteiger partial charge is 0.262 e. The number of halogens is 1. The van der Waals surface area contributed by atoms with Gasteiger partial charge < -0.3 is 10.5 Å². The maximum atomic E-state index is 12.0. The van der Waals surface area contributed by atoms with Crippen molar-refractivity contribution in [1.82, 2.24) is 9.38 Å². The number of primary amides is 1.